The van der Waals surface area contributed by atoms with Gasteiger partial charge in [0.05, 0.1) is 11.6 Å². The van der Waals surface area contributed by atoms with Crippen LogP contribution < -0.4 is 14.8 Å². The molecule has 1 atom stereocenters. The molecule has 3 aromatic carbocycles. The first-order chi connectivity index (χ1) is 15.1. The van der Waals surface area contributed by atoms with Crippen molar-refractivity contribution in [1.29, 1.82) is 0 Å². The number of hydrogen-bond donors (Lipinski definition) is 1. The van der Waals surface area contributed by atoms with E-state index in [0.717, 1.165) is 16.7 Å². The molecule has 1 amide bonds. The second-order valence-electron chi connectivity index (χ2n) is 7.30. The number of carbonyl (C=O) groups excluding carboxylic acids is 2. The summed E-state index contributed by atoms with van der Waals surface area (Å²) in [5.41, 5.74) is 3.28. The first-order valence-electron chi connectivity index (χ1n) is 10.1. The summed E-state index contributed by atoms with van der Waals surface area (Å²) < 4.78 is 16.0. The van der Waals surface area contributed by atoms with E-state index in [0.29, 0.717) is 23.5 Å². The van der Waals surface area contributed by atoms with Crippen LogP contribution in [0, 0.1) is 0 Å². The van der Waals surface area contributed by atoms with Crippen LogP contribution in [-0.4, -0.2) is 25.3 Å². The Balaban J connectivity index is 1.34. The summed E-state index contributed by atoms with van der Waals surface area (Å²) in [6, 6.07) is 22.4. The number of esters is 1. The van der Waals surface area contributed by atoms with Gasteiger partial charge in [-0.05, 0) is 48.2 Å². The first-order valence-corrected chi connectivity index (χ1v) is 10.1. The zero-order valence-electron chi connectivity index (χ0n) is 17.2. The zero-order valence-corrected chi connectivity index (χ0v) is 17.2. The van der Waals surface area contributed by atoms with Crippen molar-refractivity contribution in [2.45, 2.75) is 19.4 Å². The summed E-state index contributed by atoms with van der Waals surface area (Å²) in [6.45, 7) is 1.70. The van der Waals surface area contributed by atoms with Gasteiger partial charge in [-0.3, -0.25) is 4.79 Å². The Morgan fingerprint density at radius 2 is 1.71 bits per heavy atom. The van der Waals surface area contributed by atoms with Crippen molar-refractivity contribution < 1.29 is 23.8 Å². The zero-order chi connectivity index (χ0) is 21.6. The molecule has 6 heteroatoms. The molecule has 0 saturated heterocycles. The van der Waals surface area contributed by atoms with Crippen molar-refractivity contribution in [1.82, 2.24) is 5.32 Å². The lowest BCUT2D eigenvalue weighted by Gasteiger charge is -2.15. The highest BCUT2D eigenvalue weighted by molar-refractivity contribution is 5.92. The molecule has 31 heavy (non-hydrogen) atoms. The molecule has 0 saturated carbocycles. The maximum atomic E-state index is 12.6. The van der Waals surface area contributed by atoms with E-state index in [-0.39, 0.29) is 25.3 Å². The standard InChI is InChI=1S/C25H23NO5/c1-17(19-11-12-22-23(14-19)31-16-30-22)26-24(27)15-29-25(28)21-10-6-5-9-20(21)13-18-7-3-2-4-8-18/h2-12,14,17H,13,15-16H2,1H3,(H,26,27). The fourth-order valence-corrected chi connectivity index (χ4v) is 3.45. The molecule has 1 aliphatic rings. The quantitative estimate of drug-likeness (QED) is 0.588. The number of amides is 1. The van der Waals surface area contributed by atoms with E-state index in [2.05, 4.69) is 5.32 Å². The molecule has 0 bridgehead atoms. The molecule has 0 fully saturated rings. The van der Waals surface area contributed by atoms with E-state index in [1.54, 1.807) is 12.1 Å². The molecular formula is C25H23NO5. The molecular weight excluding hydrogens is 394 g/mol. The highest BCUT2D eigenvalue weighted by Gasteiger charge is 2.18. The summed E-state index contributed by atoms with van der Waals surface area (Å²) in [5.74, 6) is 0.446. The van der Waals surface area contributed by atoms with Crippen LogP contribution in [0.25, 0.3) is 0 Å². The van der Waals surface area contributed by atoms with Crippen molar-refractivity contribution in [3.63, 3.8) is 0 Å². The average Bonchev–Trinajstić information content (AvgIpc) is 3.26. The van der Waals surface area contributed by atoms with Crippen LogP contribution in [-0.2, 0) is 16.0 Å². The van der Waals surface area contributed by atoms with Crippen molar-refractivity contribution in [3.05, 3.63) is 95.1 Å². The van der Waals surface area contributed by atoms with E-state index in [1.807, 2.05) is 67.6 Å². The second kappa shape index (κ2) is 9.34. The third-order valence-electron chi connectivity index (χ3n) is 5.08. The summed E-state index contributed by atoms with van der Waals surface area (Å²) in [4.78, 5) is 24.9. The van der Waals surface area contributed by atoms with E-state index in [4.69, 9.17) is 14.2 Å². The summed E-state index contributed by atoms with van der Waals surface area (Å²) in [7, 11) is 0. The summed E-state index contributed by atoms with van der Waals surface area (Å²) in [5, 5.41) is 2.84. The van der Waals surface area contributed by atoms with Gasteiger partial charge < -0.3 is 19.5 Å². The van der Waals surface area contributed by atoms with Crippen LogP contribution >= 0.6 is 0 Å². The van der Waals surface area contributed by atoms with Crippen LogP contribution in [0.4, 0.5) is 0 Å². The third-order valence-corrected chi connectivity index (χ3v) is 5.08. The number of nitrogens with one attached hydrogen (secondary N) is 1. The molecule has 1 N–H and O–H groups in total. The van der Waals surface area contributed by atoms with Crippen LogP contribution in [0.2, 0.25) is 0 Å². The van der Waals surface area contributed by atoms with Crippen molar-refractivity contribution >= 4 is 11.9 Å². The molecule has 1 aliphatic heterocycles. The smallest absolute Gasteiger partial charge is 0.338 e. The highest BCUT2D eigenvalue weighted by Crippen LogP contribution is 2.34. The predicted molar refractivity (Wildman–Crippen MR) is 115 cm³/mol. The minimum Gasteiger partial charge on any atom is -0.454 e. The largest absolute Gasteiger partial charge is 0.454 e. The molecule has 0 aliphatic carbocycles. The number of benzene rings is 3. The fourth-order valence-electron chi connectivity index (χ4n) is 3.45. The monoisotopic (exact) mass is 417 g/mol. The van der Waals surface area contributed by atoms with Crippen molar-refractivity contribution in [2.24, 2.45) is 0 Å². The van der Waals surface area contributed by atoms with Gasteiger partial charge >= 0.3 is 5.97 Å². The molecule has 0 aromatic heterocycles. The van der Waals surface area contributed by atoms with Gasteiger partial charge in [0.1, 0.15) is 0 Å². The van der Waals surface area contributed by atoms with E-state index >= 15 is 0 Å². The van der Waals surface area contributed by atoms with E-state index in [1.165, 1.54) is 0 Å². The van der Waals surface area contributed by atoms with E-state index in [9.17, 15) is 9.59 Å². The van der Waals surface area contributed by atoms with Crippen molar-refractivity contribution in [2.75, 3.05) is 13.4 Å². The minimum atomic E-state index is -0.516. The molecule has 158 valence electrons. The Morgan fingerprint density at radius 1 is 0.968 bits per heavy atom. The maximum Gasteiger partial charge on any atom is 0.338 e. The van der Waals surface area contributed by atoms with Gasteiger partial charge in [-0.1, -0.05) is 54.6 Å². The third kappa shape index (κ3) is 5.04. The van der Waals surface area contributed by atoms with Gasteiger partial charge in [-0.25, -0.2) is 4.79 Å². The molecule has 4 rings (SSSR count). The molecule has 0 spiro atoms. The summed E-state index contributed by atoms with van der Waals surface area (Å²) >= 11 is 0. The lowest BCUT2D eigenvalue weighted by atomic mass is 10.00. The highest BCUT2D eigenvalue weighted by atomic mass is 16.7. The predicted octanol–water partition coefficient (Wildman–Crippen LogP) is 4.04. The number of hydrogen-bond acceptors (Lipinski definition) is 5. The Hall–Kier alpha value is -3.80. The van der Waals surface area contributed by atoms with Gasteiger partial charge in [-0.15, -0.1) is 0 Å². The van der Waals surface area contributed by atoms with Crippen LogP contribution in [0.5, 0.6) is 11.5 Å². The number of rotatable bonds is 7. The van der Waals surface area contributed by atoms with E-state index < -0.39 is 5.97 Å². The van der Waals surface area contributed by atoms with Gasteiger partial charge in [0, 0.05) is 0 Å². The first kappa shape index (κ1) is 20.5. The second-order valence-corrected chi connectivity index (χ2v) is 7.30. The van der Waals surface area contributed by atoms with Crippen LogP contribution in [0.1, 0.15) is 40.0 Å². The number of ether oxygens (including phenoxy) is 3. The molecule has 6 nitrogen and oxygen atoms in total. The molecule has 3 aromatic rings. The average molecular weight is 417 g/mol. The fraction of sp³-hybridized carbons (Fsp3) is 0.200. The van der Waals surface area contributed by atoms with Gasteiger partial charge in [0.2, 0.25) is 6.79 Å². The summed E-state index contributed by atoms with van der Waals surface area (Å²) in [6.07, 6.45) is 0.611. The topological polar surface area (TPSA) is 73.9 Å². The van der Waals surface area contributed by atoms with Crippen LogP contribution in [0.3, 0.4) is 0 Å². The molecule has 1 heterocycles. The lowest BCUT2D eigenvalue weighted by Crippen LogP contribution is -2.31. The van der Waals surface area contributed by atoms with Crippen LogP contribution in [0.15, 0.2) is 72.8 Å². The molecule has 1 unspecified atom stereocenters. The van der Waals surface area contributed by atoms with Gasteiger partial charge in [-0.2, -0.15) is 0 Å². The van der Waals surface area contributed by atoms with Gasteiger partial charge in [0.25, 0.3) is 5.91 Å². The molecule has 0 radical (unpaired) electrons. The minimum absolute atomic E-state index is 0.196. The lowest BCUT2D eigenvalue weighted by molar-refractivity contribution is -0.124. The Kier molecular flexibility index (Phi) is 6.17. The Labute approximate surface area is 180 Å². The Morgan fingerprint density at radius 3 is 2.55 bits per heavy atom. The normalized spacial score (nSPS) is 12.8. The number of carbonyl (C=O) groups is 2. The Bertz CT molecular complexity index is 1080. The SMILES string of the molecule is CC(NC(=O)COC(=O)c1ccccc1Cc1ccccc1)c1ccc2c(c1)OCO2. The number of fused-ring (bicyclic) bond motifs is 1. The maximum absolute atomic E-state index is 12.6. The van der Waals surface area contributed by atoms with Crippen molar-refractivity contribution in [3.8, 4) is 11.5 Å². The van der Waals surface area contributed by atoms with Gasteiger partial charge in [0.15, 0.2) is 18.1 Å².